The van der Waals surface area contributed by atoms with Gasteiger partial charge in [0.1, 0.15) is 32.1 Å². The van der Waals surface area contributed by atoms with E-state index in [9.17, 15) is 28.8 Å². The Morgan fingerprint density at radius 2 is 0.522 bits per heavy atom. The van der Waals surface area contributed by atoms with Crippen molar-refractivity contribution in [1.82, 2.24) is 0 Å². The van der Waals surface area contributed by atoms with Crippen LogP contribution in [0.5, 0.6) is 0 Å². The van der Waals surface area contributed by atoms with Crippen molar-refractivity contribution >= 4 is 36.8 Å². The summed E-state index contributed by atoms with van der Waals surface area (Å²) < 4.78 is 16.8. The van der Waals surface area contributed by atoms with Crippen LogP contribution in [-0.2, 0) is 43.0 Å². The number of aldehydes is 3. The molecule has 0 bridgehead atoms. The van der Waals surface area contributed by atoms with E-state index in [1.54, 1.807) is 0 Å². The molecule has 0 radical (unpaired) electrons. The van der Waals surface area contributed by atoms with E-state index in [1.165, 1.54) is 103 Å². The molecule has 0 spiro atoms. The molecule has 0 saturated heterocycles. The molecule has 3 unspecified atom stereocenters. The molecular formula is C60H110O9. The maximum absolute atomic E-state index is 12.9. The maximum atomic E-state index is 12.9. The fraction of sp³-hybridized carbons (Fsp3) is 0.900. The summed E-state index contributed by atoms with van der Waals surface area (Å²) in [5, 5.41) is 0. The number of carbonyl (C=O) groups excluding carboxylic acids is 6. The van der Waals surface area contributed by atoms with Gasteiger partial charge in [-0.15, -0.1) is 0 Å². The third kappa shape index (κ3) is 47.5. The van der Waals surface area contributed by atoms with Gasteiger partial charge in [-0.25, -0.2) is 0 Å². The van der Waals surface area contributed by atoms with Gasteiger partial charge in [-0.3, -0.25) is 14.4 Å². The van der Waals surface area contributed by atoms with Crippen molar-refractivity contribution < 1.29 is 43.0 Å². The molecular weight excluding hydrogens is 865 g/mol. The highest BCUT2D eigenvalue weighted by atomic mass is 16.6. The monoisotopic (exact) mass is 975 g/mol. The molecule has 0 aliphatic rings. The minimum Gasteiger partial charge on any atom is -0.462 e. The Balaban J connectivity index is 4.60. The molecule has 0 aromatic carbocycles. The van der Waals surface area contributed by atoms with Crippen LogP contribution in [0.2, 0.25) is 0 Å². The van der Waals surface area contributed by atoms with E-state index >= 15 is 0 Å². The molecule has 9 heteroatoms. The number of hydrogen-bond donors (Lipinski definition) is 0. The van der Waals surface area contributed by atoms with Crippen LogP contribution in [0.1, 0.15) is 310 Å². The molecule has 0 heterocycles. The smallest absolute Gasteiger partial charge is 0.306 e. The van der Waals surface area contributed by atoms with Gasteiger partial charge >= 0.3 is 17.9 Å². The Kier molecular flexibility index (Phi) is 51.2. The molecule has 0 aliphatic heterocycles. The van der Waals surface area contributed by atoms with Crippen LogP contribution in [-0.4, -0.2) is 56.1 Å². The van der Waals surface area contributed by atoms with Crippen molar-refractivity contribution in [2.24, 2.45) is 17.8 Å². The lowest BCUT2D eigenvalue weighted by Gasteiger charge is -2.18. The molecule has 69 heavy (non-hydrogen) atoms. The molecule has 404 valence electrons. The lowest BCUT2D eigenvalue weighted by atomic mass is 9.95. The predicted molar refractivity (Wildman–Crippen MR) is 285 cm³/mol. The van der Waals surface area contributed by atoms with Gasteiger partial charge in [0.15, 0.2) is 6.10 Å². The first-order valence-corrected chi connectivity index (χ1v) is 29.7. The van der Waals surface area contributed by atoms with E-state index < -0.39 is 6.10 Å². The summed E-state index contributed by atoms with van der Waals surface area (Å²) >= 11 is 0. The zero-order valence-electron chi connectivity index (χ0n) is 45.4. The van der Waals surface area contributed by atoms with E-state index in [-0.39, 0.29) is 68.1 Å². The lowest BCUT2D eigenvalue weighted by Crippen LogP contribution is -2.30. The molecule has 0 rings (SSSR count). The van der Waals surface area contributed by atoms with E-state index in [1.807, 2.05) is 0 Å². The van der Waals surface area contributed by atoms with Crippen LogP contribution in [0.3, 0.4) is 0 Å². The molecule has 3 atom stereocenters. The quantitative estimate of drug-likeness (QED) is 0.0253. The molecule has 0 aromatic heterocycles. The highest BCUT2D eigenvalue weighted by Gasteiger charge is 2.20. The standard InChI is InChI=1S/C60H110O9/c1-4-7-10-13-16-24-33-42-56(51-63)45-36-27-21-30-39-48-60(66)69-57(52-67-58(64)46-37-28-19-17-25-34-43-54(49-61)40-31-22-14-11-8-5-2)53-68-59(65)47-38-29-20-18-26-35-44-55(50-62)41-32-23-15-12-9-6-3/h49-51,54-57H,4-48,52-53H2,1-3H3. The minimum atomic E-state index is -0.852. The molecule has 0 fully saturated rings. The normalized spacial score (nSPS) is 13.1. The summed E-state index contributed by atoms with van der Waals surface area (Å²) in [6.07, 6.45) is 49.6. The lowest BCUT2D eigenvalue weighted by molar-refractivity contribution is -0.167. The molecule has 0 saturated carbocycles. The van der Waals surface area contributed by atoms with Crippen LogP contribution in [0, 0.1) is 17.8 Å². The number of esters is 3. The highest BCUT2D eigenvalue weighted by molar-refractivity contribution is 5.71. The fourth-order valence-electron chi connectivity index (χ4n) is 9.43. The van der Waals surface area contributed by atoms with Crippen LogP contribution in [0.25, 0.3) is 0 Å². The predicted octanol–water partition coefficient (Wildman–Crippen LogP) is 17.0. The zero-order chi connectivity index (χ0) is 50.5. The van der Waals surface area contributed by atoms with Crippen molar-refractivity contribution in [2.75, 3.05) is 13.2 Å². The molecule has 0 N–H and O–H groups in total. The zero-order valence-corrected chi connectivity index (χ0v) is 45.4. The van der Waals surface area contributed by atoms with E-state index in [0.717, 1.165) is 179 Å². The van der Waals surface area contributed by atoms with Crippen molar-refractivity contribution in [3.05, 3.63) is 0 Å². The number of ether oxygens (including phenoxy) is 3. The molecule has 0 aromatic rings. The second kappa shape index (κ2) is 53.2. The van der Waals surface area contributed by atoms with Crippen LogP contribution in [0.4, 0.5) is 0 Å². The summed E-state index contributed by atoms with van der Waals surface area (Å²) in [5.41, 5.74) is 0. The highest BCUT2D eigenvalue weighted by Crippen LogP contribution is 2.21. The SMILES string of the molecule is CCCCCCCCCC(C=O)CCCCCCCC(=O)OC(COC(=O)CCCCCCCCC(C=O)CCCCCCCC)COC(=O)CCCCCCCCC(C=O)CCCCCCCC. The van der Waals surface area contributed by atoms with Crippen molar-refractivity contribution in [2.45, 2.75) is 316 Å². The Morgan fingerprint density at radius 3 is 0.768 bits per heavy atom. The van der Waals surface area contributed by atoms with Crippen LogP contribution < -0.4 is 0 Å². The Bertz CT molecular complexity index is 1110. The Hall–Kier alpha value is -2.58. The molecule has 9 nitrogen and oxygen atoms in total. The number of carbonyl (C=O) groups is 6. The largest absolute Gasteiger partial charge is 0.462 e. The Morgan fingerprint density at radius 1 is 0.304 bits per heavy atom. The van der Waals surface area contributed by atoms with Gasteiger partial charge < -0.3 is 28.6 Å². The van der Waals surface area contributed by atoms with Crippen LogP contribution in [0.15, 0.2) is 0 Å². The summed E-state index contributed by atoms with van der Waals surface area (Å²) in [5.74, 6) is -0.543. The second-order valence-electron chi connectivity index (χ2n) is 20.8. The van der Waals surface area contributed by atoms with Gasteiger partial charge in [0, 0.05) is 37.0 Å². The van der Waals surface area contributed by atoms with E-state index in [2.05, 4.69) is 20.8 Å². The Labute approximate surface area is 425 Å². The number of rotatable bonds is 56. The van der Waals surface area contributed by atoms with Gasteiger partial charge in [0.05, 0.1) is 0 Å². The summed E-state index contributed by atoms with van der Waals surface area (Å²) in [6, 6.07) is 0. The first-order valence-electron chi connectivity index (χ1n) is 29.7. The average Bonchev–Trinajstić information content (AvgIpc) is 3.35. The fourth-order valence-corrected chi connectivity index (χ4v) is 9.43. The minimum absolute atomic E-state index is 0.144. The first-order chi connectivity index (χ1) is 33.8. The van der Waals surface area contributed by atoms with E-state index in [4.69, 9.17) is 14.2 Å². The average molecular weight is 976 g/mol. The van der Waals surface area contributed by atoms with Gasteiger partial charge in [-0.1, -0.05) is 233 Å². The van der Waals surface area contributed by atoms with Crippen molar-refractivity contribution in [3.63, 3.8) is 0 Å². The maximum Gasteiger partial charge on any atom is 0.306 e. The van der Waals surface area contributed by atoms with Gasteiger partial charge in [0.25, 0.3) is 0 Å². The van der Waals surface area contributed by atoms with E-state index in [0.29, 0.717) is 6.42 Å². The third-order valence-corrected chi connectivity index (χ3v) is 14.1. The number of unbranched alkanes of at least 4 members (excludes halogenated alkanes) is 30. The summed E-state index contributed by atoms with van der Waals surface area (Å²) in [6.45, 7) is 6.40. The topological polar surface area (TPSA) is 130 Å². The first kappa shape index (κ1) is 66.4. The summed E-state index contributed by atoms with van der Waals surface area (Å²) in [7, 11) is 0. The second-order valence-corrected chi connectivity index (χ2v) is 20.8. The molecule has 0 amide bonds. The molecule has 0 aliphatic carbocycles. The van der Waals surface area contributed by atoms with Gasteiger partial charge in [-0.05, 0) is 57.8 Å². The summed E-state index contributed by atoms with van der Waals surface area (Å²) in [4.78, 5) is 73.0. The third-order valence-electron chi connectivity index (χ3n) is 14.1. The van der Waals surface area contributed by atoms with Crippen molar-refractivity contribution in [1.29, 1.82) is 0 Å². The van der Waals surface area contributed by atoms with Gasteiger partial charge in [-0.2, -0.15) is 0 Å². The number of hydrogen-bond acceptors (Lipinski definition) is 9. The van der Waals surface area contributed by atoms with Crippen LogP contribution >= 0.6 is 0 Å². The van der Waals surface area contributed by atoms with Gasteiger partial charge in [0.2, 0.25) is 0 Å². The van der Waals surface area contributed by atoms with Crippen molar-refractivity contribution in [3.8, 4) is 0 Å².